The number of nitrogens with one attached hydrogen (secondary N) is 1. The smallest absolute Gasteiger partial charge is 0.240 e. The second kappa shape index (κ2) is 7.25. The van der Waals surface area contributed by atoms with Crippen LogP contribution in [-0.2, 0) is 4.79 Å². The van der Waals surface area contributed by atoms with Gasteiger partial charge in [-0.1, -0.05) is 18.2 Å². The van der Waals surface area contributed by atoms with Crippen LogP contribution in [0.3, 0.4) is 0 Å². The number of anilines is 1. The Hall–Kier alpha value is -1.10. The monoisotopic (exact) mass is 309 g/mol. The Bertz CT molecular complexity index is 468. The zero-order valence-electron chi connectivity index (χ0n) is 12.5. The Morgan fingerprint density at radius 1 is 1.24 bits per heavy atom. The fourth-order valence-corrected chi connectivity index (χ4v) is 3.25. The summed E-state index contributed by atoms with van der Waals surface area (Å²) in [6.07, 6.45) is 3.72. The normalized spacial score (nSPS) is 25.0. The summed E-state index contributed by atoms with van der Waals surface area (Å²) < 4.78 is 0. The van der Waals surface area contributed by atoms with Crippen molar-refractivity contribution in [1.82, 2.24) is 10.2 Å². The van der Waals surface area contributed by atoms with Crippen molar-refractivity contribution < 1.29 is 4.79 Å². The lowest BCUT2D eigenvalue weighted by Gasteiger charge is -2.26. The number of para-hydroxylation sites is 1. The van der Waals surface area contributed by atoms with E-state index in [9.17, 15) is 4.79 Å². The molecule has 0 radical (unpaired) electrons. The van der Waals surface area contributed by atoms with Gasteiger partial charge in [-0.2, -0.15) is 0 Å². The van der Waals surface area contributed by atoms with Gasteiger partial charge in [-0.3, -0.25) is 9.69 Å². The van der Waals surface area contributed by atoms with Gasteiger partial charge in [0.1, 0.15) is 0 Å². The third kappa shape index (κ3) is 3.96. The molecule has 0 aromatic heterocycles. The van der Waals surface area contributed by atoms with Gasteiger partial charge in [0.05, 0.1) is 6.54 Å². The van der Waals surface area contributed by atoms with E-state index in [1.807, 2.05) is 37.4 Å². The largest absolute Gasteiger partial charge is 0.314 e. The molecule has 0 saturated carbocycles. The number of carbonyl (C=O) groups is 1. The van der Waals surface area contributed by atoms with E-state index in [2.05, 4.69) is 10.2 Å². The van der Waals surface area contributed by atoms with Crippen LogP contribution < -0.4 is 10.2 Å². The summed E-state index contributed by atoms with van der Waals surface area (Å²) in [5, 5.41) is 3.65. The molecule has 0 aliphatic carbocycles. The molecule has 2 saturated heterocycles. The summed E-state index contributed by atoms with van der Waals surface area (Å²) in [5.74, 6) is 0.175. The third-order valence-corrected chi connectivity index (χ3v) is 4.48. The maximum Gasteiger partial charge on any atom is 0.240 e. The molecule has 2 aliphatic rings. The van der Waals surface area contributed by atoms with E-state index in [4.69, 9.17) is 0 Å². The number of nitrogens with zero attached hydrogens (tertiary/aromatic N) is 2. The lowest BCUT2D eigenvalue weighted by Crippen LogP contribution is -2.42. The first-order valence-electron chi connectivity index (χ1n) is 7.52. The number of carbonyl (C=O) groups excluding carboxylic acids is 1. The Labute approximate surface area is 132 Å². The number of fused-ring (bicyclic) bond motifs is 2. The summed E-state index contributed by atoms with van der Waals surface area (Å²) >= 11 is 0. The molecule has 1 amide bonds. The fraction of sp³-hybridized carbons (Fsp3) is 0.562. The van der Waals surface area contributed by atoms with Crippen LogP contribution in [0.5, 0.6) is 0 Å². The number of rotatable bonds is 3. The maximum atomic E-state index is 12.4. The van der Waals surface area contributed by atoms with Crippen molar-refractivity contribution in [2.75, 3.05) is 31.6 Å². The lowest BCUT2D eigenvalue weighted by atomic mass is 10.1. The molecular weight excluding hydrogens is 286 g/mol. The highest BCUT2D eigenvalue weighted by molar-refractivity contribution is 5.94. The Morgan fingerprint density at radius 3 is 2.71 bits per heavy atom. The van der Waals surface area contributed by atoms with E-state index in [1.54, 1.807) is 4.90 Å². The Kier molecular flexibility index (Phi) is 5.62. The molecule has 2 heterocycles. The van der Waals surface area contributed by atoms with Crippen LogP contribution >= 0.6 is 12.4 Å². The highest BCUT2D eigenvalue weighted by Crippen LogP contribution is 2.20. The second-order valence-corrected chi connectivity index (χ2v) is 5.95. The lowest BCUT2D eigenvalue weighted by molar-refractivity contribution is -0.119. The first kappa shape index (κ1) is 16.3. The zero-order chi connectivity index (χ0) is 13.9. The third-order valence-electron chi connectivity index (χ3n) is 4.48. The van der Waals surface area contributed by atoms with Gasteiger partial charge >= 0.3 is 0 Å². The van der Waals surface area contributed by atoms with Gasteiger partial charge in [-0.15, -0.1) is 12.4 Å². The molecule has 0 spiro atoms. The summed E-state index contributed by atoms with van der Waals surface area (Å²) in [4.78, 5) is 16.5. The molecule has 2 bridgehead atoms. The van der Waals surface area contributed by atoms with Gasteiger partial charge in [0, 0.05) is 37.9 Å². The number of amides is 1. The van der Waals surface area contributed by atoms with E-state index in [0.29, 0.717) is 18.6 Å². The van der Waals surface area contributed by atoms with Gasteiger partial charge in [0.15, 0.2) is 0 Å². The number of hydrogen-bond donors (Lipinski definition) is 1. The topological polar surface area (TPSA) is 35.6 Å². The van der Waals surface area contributed by atoms with Crippen LogP contribution in [0.4, 0.5) is 5.69 Å². The van der Waals surface area contributed by atoms with Crippen molar-refractivity contribution in [2.45, 2.75) is 31.3 Å². The molecule has 3 rings (SSSR count). The molecule has 21 heavy (non-hydrogen) atoms. The van der Waals surface area contributed by atoms with Crippen molar-refractivity contribution in [3.63, 3.8) is 0 Å². The van der Waals surface area contributed by atoms with E-state index in [0.717, 1.165) is 18.8 Å². The number of likely N-dealkylation sites (tertiary alicyclic amines) is 1. The standard InChI is InChI=1S/C16H23N3O.ClH/c1-18(15-5-3-2-4-6-15)16(20)12-19-10-9-13-7-8-14(11-19)17-13;/h2-6,13-14,17H,7-12H2,1H3;1H. The van der Waals surface area contributed by atoms with Gasteiger partial charge in [0.25, 0.3) is 0 Å². The van der Waals surface area contributed by atoms with Crippen LogP contribution in [-0.4, -0.2) is 49.6 Å². The minimum atomic E-state index is 0. The average molecular weight is 310 g/mol. The van der Waals surface area contributed by atoms with Crippen LogP contribution in [0.2, 0.25) is 0 Å². The van der Waals surface area contributed by atoms with Crippen molar-refractivity contribution in [2.24, 2.45) is 0 Å². The number of hydrogen-bond acceptors (Lipinski definition) is 3. The molecular formula is C16H24ClN3O. The van der Waals surface area contributed by atoms with E-state index >= 15 is 0 Å². The van der Waals surface area contributed by atoms with Gasteiger partial charge < -0.3 is 10.2 Å². The number of likely N-dealkylation sites (N-methyl/N-ethyl adjacent to an activating group) is 1. The predicted octanol–water partition coefficient (Wildman–Crippen LogP) is 1.90. The molecule has 4 nitrogen and oxygen atoms in total. The Balaban J connectivity index is 0.00000161. The van der Waals surface area contributed by atoms with Gasteiger partial charge in [0.2, 0.25) is 5.91 Å². The summed E-state index contributed by atoms with van der Waals surface area (Å²) in [6.45, 7) is 2.56. The van der Waals surface area contributed by atoms with Crippen molar-refractivity contribution in [3.05, 3.63) is 30.3 Å². The maximum absolute atomic E-state index is 12.4. The SMILES string of the molecule is CN(C(=O)CN1CCC2CCC(C1)N2)c1ccccc1.Cl. The molecule has 116 valence electrons. The van der Waals surface area contributed by atoms with Gasteiger partial charge in [-0.25, -0.2) is 0 Å². The van der Waals surface area contributed by atoms with Crippen molar-refractivity contribution >= 4 is 24.0 Å². The number of benzene rings is 1. The molecule has 2 aliphatic heterocycles. The zero-order valence-corrected chi connectivity index (χ0v) is 13.3. The van der Waals surface area contributed by atoms with Gasteiger partial charge in [-0.05, 0) is 31.4 Å². The van der Waals surface area contributed by atoms with E-state index < -0.39 is 0 Å². The van der Waals surface area contributed by atoms with E-state index in [1.165, 1.54) is 19.3 Å². The quantitative estimate of drug-likeness (QED) is 0.926. The van der Waals surface area contributed by atoms with Crippen LogP contribution in [0, 0.1) is 0 Å². The molecule has 2 atom stereocenters. The second-order valence-electron chi connectivity index (χ2n) is 5.95. The molecule has 5 heteroatoms. The van der Waals surface area contributed by atoms with Crippen LogP contribution in [0.25, 0.3) is 0 Å². The predicted molar refractivity (Wildman–Crippen MR) is 88.1 cm³/mol. The summed E-state index contributed by atoms with van der Waals surface area (Å²) in [6, 6.07) is 11.1. The Morgan fingerprint density at radius 2 is 1.95 bits per heavy atom. The summed E-state index contributed by atoms with van der Waals surface area (Å²) in [5.41, 5.74) is 0.965. The van der Waals surface area contributed by atoms with Crippen molar-refractivity contribution in [3.8, 4) is 0 Å². The highest BCUT2D eigenvalue weighted by atomic mass is 35.5. The molecule has 1 N–H and O–H groups in total. The average Bonchev–Trinajstić information content (AvgIpc) is 2.81. The minimum absolute atomic E-state index is 0. The first-order chi connectivity index (χ1) is 9.72. The molecule has 2 fully saturated rings. The number of halogens is 1. The highest BCUT2D eigenvalue weighted by Gasteiger charge is 2.30. The molecule has 2 unspecified atom stereocenters. The first-order valence-corrected chi connectivity index (χ1v) is 7.52. The molecule has 1 aromatic carbocycles. The van der Waals surface area contributed by atoms with E-state index in [-0.39, 0.29) is 18.3 Å². The minimum Gasteiger partial charge on any atom is -0.314 e. The fourth-order valence-electron chi connectivity index (χ4n) is 3.25. The summed E-state index contributed by atoms with van der Waals surface area (Å²) in [7, 11) is 1.86. The molecule has 1 aromatic rings. The van der Waals surface area contributed by atoms with Crippen molar-refractivity contribution in [1.29, 1.82) is 0 Å². The van der Waals surface area contributed by atoms with Crippen LogP contribution in [0.15, 0.2) is 30.3 Å². The van der Waals surface area contributed by atoms with Crippen LogP contribution in [0.1, 0.15) is 19.3 Å².